The van der Waals surface area contributed by atoms with E-state index in [-0.39, 0.29) is 11.6 Å². The molecule has 0 unspecified atom stereocenters. The number of hydrogen-bond acceptors (Lipinski definition) is 2. The van der Waals surface area contributed by atoms with Crippen LogP contribution in [-0.2, 0) is 0 Å². The van der Waals surface area contributed by atoms with E-state index >= 15 is 0 Å². The Morgan fingerprint density at radius 2 is 1.44 bits per heavy atom. The first kappa shape index (κ1) is 12.2. The number of hydrogen-bond donors (Lipinski definition) is 0. The molecule has 0 bridgehead atoms. The van der Waals surface area contributed by atoms with Gasteiger partial charge in [0.2, 0.25) is 0 Å². The quantitative estimate of drug-likeness (QED) is 0.701. The first-order valence-corrected chi connectivity index (χ1v) is 5.88. The van der Waals surface area contributed by atoms with Crippen LogP contribution < -0.4 is 0 Å². The molecule has 0 N–H and O–H groups in total. The zero-order valence-electron chi connectivity index (χ0n) is 10.4. The minimum absolute atomic E-state index is 0.0801. The lowest BCUT2D eigenvalue weighted by Gasteiger charge is -2.18. The van der Waals surface area contributed by atoms with Crippen molar-refractivity contribution in [2.45, 2.75) is 13.8 Å². The summed E-state index contributed by atoms with van der Waals surface area (Å²) in [6.07, 6.45) is 7.01. The molecule has 1 aromatic carbocycles. The molecule has 0 spiro atoms. The maximum absolute atomic E-state index is 12.3. The second kappa shape index (κ2) is 4.96. The highest BCUT2D eigenvalue weighted by Crippen LogP contribution is 2.29. The van der Waals surface area contributed by atoms with Gasteiger partial charge in [0.15, 0.2) is 11.6 Å². The summed E-state index contributed by atoms with van der Waals surface area (Å²) >= 11 is 0. The van der Waals surface area contributed by atoms with Crippen LogP contribution in [0.4, 0.5) is 0 Å². The van der Waals surface area contributed by atoms with Gasteiger partial charge in [-0.1, -0.05) is 48.6 Å². The van der Waals surface area contributed by atoms with Crippen LogP contribution in [0, 0.1) is 0 Å². The van der Waals surface area contributed by atoms with Crippen molar-refractivity contribution in [3.05, 3.63) is 70.8 Å². The van der Waals surface area contributed by atoms with Gasteiger partial charge in [-0.3, -0.25) is 9.59 Å². The third-order valence-corrected chi connectivity index (χ3v) is 2.94. The average molecular weight is 238 g/mol. The first-order valence-electron chi connectivity index (χ1n) is 5.88. The first-order chi connectivity index (χ1) is 8.70. The van der Waals surface area contributed by atoms with Crippen molar-refractivity contribution in [1.82, 2.24) is 0 Å². The van der Waals surface area contributed by atoms with Gasteiger partial charge < -0.3 is 0 Å². The lowest BCUT2D eigenvalue weighted by atomic mass is 9.82. The Kier molecular flexibility index (Phi) is 3.38. The number of carbonyl (C=O) groups is 2. The molecule has 2 heteroatoms. The van der Waals surface area contributed by atoms with Crippen molar-refractivity contribution in [2.24, 2.45) is 0 Å². The van der Waals surface area contributed by atoms with Gasteiger partial charge >= 0.3 is 0 Å². The summed E-state index contributed by atoms with van der Waals surface area (Å²) in [5.41, 5.74) is 1.94. The van der Waals surface area contributed by atoms with Gasteiger partial charge in [-0.15, -0.1) is 0 Å². The van der Waals surface area contributed by atoms with Gasteiger partial charge in [0.25, 0.3) is 0 Å². The lowest BCUT2D eigenvalue weighted by Crippen LogP contribution is -2.22. The van der Waals surface area contributed by atoms with Gasteiger partial charge in [0.05, 0.1) is 0 Å². The number of rotatable bonds is 1. The van der Waals surface area contributed by atoms with Crippen molar-refractivity contribution < 1.29 is 9.59 Å². The second-order valence-corrected chi connectivity index (χ2v) is 4.01. The Labute approximate surface area is 106 Å². The molecule has 1 aliphatic carbocycles. The molecule has 0 atom stereocenters. The summed E-state index contributed by atoms with van der Waals surface area (Å²) < 4.78 is 0. The SMILES string of the molecule is C\C=C/C=C1/C(=O)c2ccccc2C(=O)/C1=C\C. The van der Waals surface area contributed by atoms with Crippen LogP contribution in [0.3, 0.4) is 0 Å². The molecule has 0 saturated heterocycles. The molecule has 2 rings (SSSR count). The smallest absolute Gasteiger partial charge is 0.194 e. The van der Waals surface area contributed by atoms with Crippen molar-refractivity contribution >= 4 is 11.6 Å². The zero-order chi connectivity index (χ0) is 13.1. The van der Waals surface area contributed by atoms with E-state index in [0.717, 1.165) is 0 Å². The number of carbonyl (C=O) groups excluding carboxylic acids is 2. The molecule has 18 heavy (non-hydrogen) atoms. The van der Waals surface area contributed by atoms with Crippen LogP contribution in [0.5, 0.6) is 0 Å². The van der Waals surface area contributed by atoms with E-state index in [1.54, 1.807) is 49.4 Å². The second-order valence-electron chi connectivity index (χ2n) is 4.01. The topological polar surface area (TPSA) is 34.1 Å². The third-order valence-electron chi connectivity index (χ3n) is 2.94. The number of fused-ring (bicyclic) bond motifs is 1. The van der Waals surface area contributed by atoms with E-state index in [0.29, 0.717) is 22.3 Å². The summed E-state index contributed by atoms with van der Waals surface area (Å²) in [6, 6.07) is 6.95. The maximum atomic E-state index is 12.3. The van der Waals surface area contributed by atoms with Gasteiger partial charge in [-0.05, 0) is 13.8 Å². The van der Waals surface area contributed by atoms with E-state index in [1.165, 1.54) is 0 Å². The Balaban J connectivity index is 2.68. The third kappa shape index (κ3) is 1.86. The highest BCUT2D eigenvalue weighted by Gasteiger charge is 2.30. The standard InChI is InChI=1S/C16H14O2/c1-3-5-8-12-11(4-2)15(17)13-9-6-7-10-14(13)16(12)18/h3-10H,1-2H3/b5-3-,11-4-,12-8+. The lowest BCUT2D eigenvalue weighted by molar-refractivity contribution is 0.0972. The number of ketones is 2. The predicted molar refractivity (Wildman–Crippen MR) is 71.8 cm³/mol. The Morgan fingerprint density at radius 1 is 0.889 bits per heavy atom. The summed E-state index contributed by atoms with van der Waals surface area (Å²) in [6.45, 7) is 3.65. The van der Waals surface area contributed by atoms with Crippen LogP contribution in [0.2, 0.25) is 0 Å². The summed E-state index contributed by atoms with van der Waals surface area (Å²) in [5, 5.41) is 0. The van der Waals surface area contributed by atoms with E-state index in [2.05, 4.69) is 0 Å². The monoisotopic (exact) mass is 238 g/mol. The van der Waals surface area contributed by atoms with Crippen LogP contribution in [0.1, 0.15) is 34.6 Å². The van der Waals surface area contributed by atoms with Crippen molar-refractivity contribution in [2.75, 3.05) is 0 Å². The van der Waals surface area contributed by atoms with Crippen LogP contribution in [0.25, 0.3) is 0 Å². The minimum Gasteiger partial charge on any atom is -0.289 e. The van der Waals surface area contributed by atoms with Gasteiger partial charge in [-0.25, -0.2) is 0 Å². The van der Waals surface area contributed by atoms with Crippen LogP contribution >= 0.6 is 0 Å². The van der Waals surface area contributed by atoms with Gasteiger partial charge in [0, 0.05) is 22.3 Å². The fourth-order valence-corrected chi connectivity index (χ4v) is 2.06. The predicted octanol–water partition coefficient (Wildman–Crippen LogP) is 3.51. The van der Waals surface area contributed by atoms with Gasteiger partial charge in [-0.2, -0.15) is 0 Å². The minimum atomic E-state index is -0.0867. The molecule has 0 heterocycles. The van der Waals surface area contributed by atoms with Crippen LogP contribution in [0.15, 0.2) is 59.7 Å². The largest absolute Gasteiger partial charge is 0.289 e. The number of allylic oxidation sites excluding steroid dienone is 6. The Morgan fingerprint density at radius 3 is 1.94 bits per heavy atom. The summed E-state index contributed by atoms with van der Waals surface area (Å²) in [5.74, 6) is -0.167. The molecule has 1 aliphatic rings. The molecule has 0 fully saturated rings. The van der Waals surface area contributed by atoms with E-state index in [9.17, 15) is 9.59 Å². The Bertz CT molecular complexity index is 601. The van der Waals surface area contributed by atoms with Gasteiger partial charge in [0.1, 0.15) is 0 Å². The molecule has 2 nitrogen and oxygen atoms in total. The van der Waals surface area contributed by atoms with Crippen molar-refractivity contribution in [1.29, 1.82) is 0 Å². The van der Waals surface area contributed by atoms with E-state index in [4.69, 9.17) is 0 Å². The molecular weight excluding hydrogens is 224 g/mol. The Hall–Kier alpha value is -2.22. The van der Waals surface area contributed by atoms with E-state index < -0.39 is 0 Å². The van der Waals surface area contributed by atoms with Crippen LogP contribution in [-0.4, -0.2) is 11.6 Å². The molecule has 90 valence electrons. The van der Waals surface area contributed by atoms with Crippen molar-refractivity contribution in [3.8, 4) is 0 Å². The maximum Gasteiger partial charge on any atom is 0.194 e. The normalized spacial score (nSPS) is 19.9. The molecule has 0 saturated carbocycles. The average Bonchev–Trinajstić information content (AvgIpc) is 2.41. The number of Topliss-reactive ketones (excluding diaryl/α,β-unsaturated/α-hetero) is 2. The van der Waals surface area contributed by atoms with Crippen molar-refractivity contribution in [3.63, 3.8) is 0 Å². The summed E-state index contributed by atoms with van der Waals surface area (Å²) in [7, 11) is 0. The van der Waals surface area contributed by atoms with E-state index in [1.807, 2.05) is 13.0 Å². The molecule has 0 aliphatic heterocycles. The zero-order valence-corrected chi connectivity index (χ0v) is 10.4. The molecule has 0 radical (unpaired) electrons. The number of benzene rings is 1. The molecule has 0 aromatic heterocycles. The molecule has 1 aromatic rings. The fraction of sp³-hybridized carbons (Fsp3) is 0.125. The highest BCUT2D eigenvalue weighted by atomic mass is 16.1. The molecular formula is C16H14O2. The molecule has 0 amide bonds. The highest BCUT2D eigenvalue weighted by molar-refractivity contribution is 6.31. The summed E-state index contributed by atoms with van der Waals surface area (Å²) in [4.78, 5) is 24.6. The fourth-order valence-electron chi connectivity index (χ4n) is 2.06.